The van der Waals surface area contributed by atoms with Crippen molar-refractivity contribution >= 4 is 17.5 Å². The molecule has 7 heteroatoms. The fourth-order valence-electron chi connectivity index (χ4n) is 2.70. The fourth-order valence-corrected chi connectivity index (χ4v) is 2.70. The number of amides is 1. The number of aromatic hydroxyl groups is 1. The highest BCUT2D eigenvalue weighted by Gasteiger charge is 2.06. The van der Waals surface area contributed by atoms with Crippen LogP contribution in [0.25, 0.3) is 11.3 Å². The number of nitrogens with zero attached hydrogens (tertiary/aromatic N) is 2. The molecule has 5 N–H and O–H groups in total. The van der Waals surface area contributed by atoms with E-state index in [0.29, 0.717) is 24.7 Å². The standard InChI is InChI=1S/C21H23N5O2/c22-11-8-20(28)25-17-3-1-2-16(14-17)19-10-13-24-21(26-19)23-12-9-15-4-6-18(27)7-5-15/h1-7,10,13-14,27H,8-9,11-12,22H2,(H,25,28)(H,23,24,26). The SMILES string of the molecule is NCCC(=O)Nc1cccc(-c2ccnc(NCCc3ccc(O)cc3)n2)c1. The molecule has 0 saturated carbocycles. The maximum atomic E-state index is 11.7. The van der Waals surface area contributed by atoms with Crippen LogP contribution in [-0.2, 0) is 11.2 Å². The number of hydrogen-bond donors (Lipinski definition) is 4. The molecule has 0 bridgehead atoms. The van der Waals surface area contributed by atoms with Gasteiger partial charge in [-0.2, -0.15) is 0 Å². The number of aromatic nitrogens is 2. The molecule has 1 aromatic heterocycles. The summed E-state index contributed by atoms with van der Waals surface area (Å²) < 4.78 is 0. The Labute approximate surface area is 163 Å². The van der Waals surface area contributed by atoms with Crippen molar-refractivity contribution < 1.29 is 9.90 Å². The summed E-state index contributed by atoms with van der Waals surface area (Å²) in [6.45, 7) is 0.986. The summed E-state index contributed by atoms with van der Waals surface area (Å²) >= 11 is 0. The van der Waals surface area contributed by atoms with Gasteiger partial charge in [0.2, 0.25) is 11.9 Å². The fraction of sp³-hybridized carbons (Fsp3) is 0.190. The van der Waals surface area contributed by atoms with Gasteiger partial charge >= 0.3 is 0 Å². The highest BCUT2D eigenvalue weighted by molar-refractivity contribution is 5.91. The van der Waals surface area contributed by atoms with Gasteiger partial charge in [-0.1, -0.05) is 24.3 Å². The van der Waals surface area contributed by atoms with Crippen LogP contribution >= 0.6 is 0 Å². The molecule has 144 valence electrons. The van der Waals surface area contributed by atoms with Gasteiger partial charge in [-0.25, -0.2) is 9.97 Å². The summed E-state index contributed by atoms with van der Waals surface area (Å²) in [6, 6.07) is 16.4. The lowest BCUT2D eigenvalue weighted by molar-refractivity contribution is -0.116. The molecule has 0 aliphatic heterocycles. The minimum atomic E-state index is -0.112. The monoisotopic (exact) mass is 377 g/mol. The Kier molecular flexibility index (Phi) is 6.54. The number of carbonyl (C=O) groups excluding carboxylic acids is 1. The van der Waals surface area contributed by atoms with Crippen LogP contribution in [0, 0.1) is 0 Å². The van der Waals surface area contributed by atoms with Gasteiger partial charge in [-0.3, -0.25) is 4.79 Å². The van der Waals surface area contributed by atoms with E-state index in [1.165, 1.54) is 0 Å². The largest absolute Gasteiger partial charge is 0.508 e. The number of rotatable bonds is 8. The van der Waals surface area contributed by atoms with E-state index in [1.54, 1.807) is 18.3 Å². The highest BCUT2D eigenvalue weighted by atomic mass is 16.3. The molecule has 3 aromatic rings. The van der Waals surface area contributed by atoms with Crippen molar-refractivity contribution in [3.63, 3.8) is 0 Å². The lowest BCUT2D eigenvalue weighted by atomic mass is 10.1. The molecule has 1 amide bonds. The van der Waals surface area contributed by atoms with E-state index in [2.05, 4.69) is 20.6 Å². The Morgan fingerprint density at radius 1 is 1.11 bits per heavy atom. The number of nitrogens with two attached hydrogens (primary N) is 1. The number of anilines is 2. The van der Waals surface area contributed by atoms with Gasteiger partial charge in [0.05, 0.1) is 5.69 Å². The normalized spacial score (nSPS) is 10.5. The molecule has 28 heavy (non-hydrogen) atoms. The smallest absolute Gasteiger partial charge is 0.225 e. The van der Waals surface area contributed by atoms with Crippen molar-refractivity contribution in [1.82, 2.24) is 9.97 Å². The van der Waals surface area contributed by atoms with Crippen LogP contribution < -0.4 is 16.4 Å². The Morgan fingerprint density at radius 3 is 2.71 bits per heavy atom. The van der Waals surface area contributed by atoms with Crippen LogP contribution in [0.5, 0.6) is 5.75 Å². The van der Waals surface area contributed by atoms with Crippen molar-refractivity contribution in [3.8, 4) is 17.0 Å². The molecule has 3 rings (SSSR count). The van der Waals surface area contributed by atoms with Crippen LogP contribution in [0.1, 0.15) is 12.0 Å². The molecule has 0 atom stereocenters. The van der Waals surface area contributed by atoms with E-state index in [9.17, 15) is 9.90 Å². The minimum Gasteiger partial charge on any atom is -0.508 e. The van der Waals surface area contributed by atoms with E-state index < -0.39 is 0 Å². The molecule has 0 spiro atoms. The number of nitrogens with one attached hydrogen (secondary N) is 2. The zero-order valence-corrected chi connectivity index (χ0v) is 15.4. The average molecular weight is 377 g/mol. The summed E-state index contributed by atoms with van der Waals surface area (Å²) in [7, 11) is 0. The van der Waals surface area contributed by atoms with E-state index >= 15 is 0 Å². The van der Waals surface area contributed by atoms with Crippen LogP contribution in [0.4, 0.5) is 11.6 Å². The van der Waals surface area contributed by atoms with Crippen LogP contribution in [0.15, 0.2) is 60.8 Å². The number of phenols is 1. The third-order valence-electron chi connectivity index (χ3n) is 4.10. The molecule has 7 nitrogen and oxygen atoms in total. The Morgan fingerprint density at radius 2 is 1.93 bits per heavy atom. The van der Waals surface area contributed by atoms with Gasteiger partial charge in [-0.05, 0) is 42.3 Å². The van der Waals surface area contributed by atoms with Crippen molar-refractivity contribution in [2.75, 3.05) is 23.7 Å². The summed E-state index contributed by atoms with van der Waals surface area (Å²) in [5.74, 6) is 0.682. The number of benzene rings is 2. The minimum absolute atomic E-state index is 0.112. The van der Waals surface area contributed by atoms with Crippen LogP contribution in [0.3, 0.4) is 0 Å². The predicted octanol–water partition coefficient (Wildman–Crippen LogP) is 2.79. The quantitative estimate of drug-likeness (QED) is 0.480. The first kappa shape index (κ1) is 19.3. The molecule has 0 aliphatic carbocycles. The molecule has 0 radical (unpaired) electrons. The van der Waals surface area contributed by atoms with Gasteiger partial charge in [0.15, 0.2) is 0 Å². The zero-order valence-electron chi connectivity index (χ0n) is 15.4. The van der Waals surface area contributed by atoms with Crippen LogP contribution in [0.2, 0.25) is 0 Å². The topological polar surface area (TPSA) is 113 Å². The van der Waals surface area contributed by atoms with Crippen LogP contribution in [-0.4, -0.2) is 34.1 Å². The second kappa shape index (κ2) is 9.48. The summed E-state index contributed by atoms with van der Waals surface area (Å²) in [4.78, 5) is 20.5. The zero-order chi connectivity index (χ0) is 19.8. The van der Waals surface area contributed by atoms with Gasteiger partial charge < -0.3 is 21.5 Å². The second-order valence-corrected chi connectivity index (χ2v) is 6.28. The van der Waals surface area contributed by atoms with Gasteiger partial charge in [0.1, 0.15) is 5.75 Å². The van der Waals surface area contributed by atoms with Gasteiger partial charge in [0, 0.05) is 37.0 Å². The third kappa shape index (κ3) is 5.52. The molecular weight excluding hydrogens is 354 g/mol. The van der Waals surface area contributed by atoms with Crippen molar-refractivity contribution in [3.05, 3.63) is 66.4 Å². The maximum Gasteiger partial charge on any atom is 0.225 e. The Balaban J connectivity index is 1.64. The third-order valence-corrected chi connectivity index (χ3v) is 4.10. The van der Waals surface area contributed by atoms with E-state index in [0.717, 1.165) is 23.2 Å². The summed E-state index contributed by atoms with van der Waals surface area (Å²) in [6.07, 6.45) is 2.77. The van der Waals surface area contributed by atoms with E-state index in [4.69, 9.17) is 5.73 Å². The molecule has 0 aliphatic rings. The molecule has 2 aromatic carbocycles. The van der Waals surface area contributed by atoms with E-state index in [-0.39, 0.29) is 18.1 Å². The Bertz CT molecular complexity index is 928. The molecule has 0 unspecified atom stereocenters. The average Bonchev–Trinajstić information content (AvgIpc) is 2.70. The van der Waals surface area contributed by atoms with Crippen molar-refractivity contribution in [2.45, 2.75) is 12.8 Å². The first-order valence-electron chi connectivity index (χ1n) is 9.09. The highest BCUT2D eigenvalue weighted by Crippen LogP contribution is 2.21. The number of phenolic OH excluding ortho intramolecular Hbond substituents is 1. The Hall–Kier alpha value is -3.45. The van der Waals surface area contributed by atoms with Crippen molar-refractivity contribution in [1.29, 1.82) is 0 Å². The molecule has 0 fully saturated rings. The molecule has 1 heterocycles. The summed E-state index contributed by atoms with van der Waals surface area (Å²) in [5.41, 5.74) is 8.87. The first-order valence-corrected chi connectivity index (χ1v) is 9.09. The predicted molar refractivity (Wildman–Crippen MR) is 110 cm³/mol. The summed E-state index contributed by atoms with van der Waals surface area (Å²) in [5, 5.41) is 15.4. The van der Waals surface area contributed by atoms with Gasteiger partial charge in [0.25, 0.3) is 0 Å². The molecule has 0 saturated heterocycles. The molecular formula is C21H23N5O2. The van der Waals surface area contributed by atoms with Crippen molar-refractivity contribution in [2.24, 2.45) is 5.73 Å². The van der Waals surface area contributed by atoms with E-state index in [1.807, 2.05) is 42.5 Å². The number of carbonyl (C=O) groups is 1. The second-order valence-electron chi connectivity index (χ2n) is 6.28. The van der Waals surface area contributed by atoms with Gasteiger partial charge in [-0.15, -0.1) is 0 Å². The lowest BCUT2D eigenvalue weighted by Crippen LogP contribution is -2.16. The number of hydrogen-bond acceptors (Lipinski definition) is 6. The maximum absolute atomic E-state index is 11.7. The lowest BCUT2D eigenvalue weighted by Gasteiger charge is -2.09. The first-order chi connectivity index (χ1) is 13.6.